The van der Waals surface area contributed by atoms with Gasteiger partial charge in [-0.3, -0.25) is 24.0 Å². The van der Waals surface area contributed by atoms with Crippen molar-refractivity contribution < 1.29 is 33.9 Å². The van der Waals surface area contributed by atoms with E-state index in [-0.39, 0.29) is 50.4 Å². The average molecular weight is 501 g/mol. The molecular weight excluding hydrogens is 460 g/mol. The Hall–Kier alpha value is -3.22. The van der Waals surface area contributed by atoms with E-state index < -0.39 is 59.7 Å². The maximum Gasteiger partial charge on any atom is 0.326 e. The topological polar surface area (TPSA) is 237 Å². The van der Waals surface area contributed by atoms with E-state index in [0.29, 0.717) is 0 Å². The summed E-state index contributed by atoms with van der Waals surface area (Å²) in [4.78, 5) is 71.8. The first-order chi connectivity index (χ1) is 16.1. The predicted octanol–water partition coefficient (Wildman–Crippen LogP) is -1.52. The van der Waals surface area contributed by atoms with Crippen molar-refractivity contribution in [1.82, 2.24) is 16.0 Å². The number of hydrogen-bond donors (Lipinski definition) is 7. The third-order valence-electron chi connectivity index (χ3n) is 5.01. The highest BCUT2D eigenvalue weighted by Crippen LogP contribution is 2.10. The van der Waals surface area contributed by atoms with Crippen molar-refractivity contribution in [1.29, 1.82) is 0 Å². The molecule has 0 aliphatic heterocycles. The van der Waals surface area contributed by atoms with E-state index in [1.165, 1.54) is 0 Å². The largest absolute Gasteiger partial charge is 0.480 e. The molecule has 0 heterocycles. The van der Waals surface area contributed by atoms with Crippen molar-refractivity contribution >= 4 is 35.5 Å². The van der Waals surface area contributed by atoms with Gasteiger partial charge in [0, 0.05) is 12.8 Å². The molecule has 0 rings (SSSR count). The lowest BCUT2D eigenvalue weighted by Crippen LogP contribution is -2.57. The average Bonchev–Trinajstić information content (AvgIpc) is 2.72. The molecule has 4 unspecified atom stereocenters. The SMILES string of the molecule is CC(C)CC(NC(=O)C(N)CCC(N)=O)C(=O)NC(CC(C)C)C(=O)NC(CCC(N)=O)C(=O)O. The van der Waals surface area contributed by atoms with Crippen LogP contribution >= 0.6 is 0 Å². The van der Waals surface area contributed by atoms with E-state index in [0.717, 1.165) is 0 Å². The van der Waals surface area contributed by atoms with Crippen LogP contribution in [0.4, 0.5) is 0 Å². The van der Waals surface area contributed by atoms with Crippen LogP contribution in [-0.2, 0) is 28.8 Å². The smallest absolute Gasteiger partial charge is 0.326 e. The molecule has 0 aliphatic rings. The van der Waals surface area contributed by atoms with Crippen molar-refractivity contribution in [3.8, 4) is 0 Å². The Labute approximate surface area is 205 Å². The number of nitrogens with two attached hydrogens (primary N) is 3. The molecule has 13 heteroatoms. The molecule has 0 fully saturated rings. The van der Waals surface area contributed by atoms with Crippen molar-refractivity contribution in [3.05, 3.63) is 0 Å². The molecule has 0 bridgehead atoms. The van der Waals surface area contributed by atoms with Crippen molar-refractivity contribution in [2.24, 2.45) is 29.0 Å². The molecule has 5 amide bonds. The third kappa shape index (κ3) is 13.9. The Kier molecular flexibility index (Phi) is 14.2. The molecule has 13 nitrogen and oxygen atoms in total. The third-order valence-corrected chi connectivity index (χ3v) is 5.01. The van der Waals surface area contributed by atoms with E-state index in [4.69, 9.17) is 17.2 Å². The second kappa shape index (κ2) is 15.6. The molecule has 0 aliphatic carbocycles. The van der Waals surface area contributed by atoms with Crippen LogP contribution in [0.15, 0.2) is 0 Å². The zero-order valence-corrected chi connectivity index (χ0v) is 20.8. The first-order valence-electron chi connectivity index (χ1n) is 11.6. The van der Waals surface area contributed by atoms with Gasteiger partial charge in [0.2, 0.25) is 29.5 Å². The highest BCUT2D eigenvalue weighted by molar-refractivity contribution is 5.94. The summed E-state index contributed by atoms with van der Waals surface area (Å²) in [5.41, 5.74) is 15.9. The van der Waals surface area contributed by atoms with E-state index in [1.807, 2.05) is 27.7 Å². The number of rotatable bonds is 17. The number of carboxylic acids is 1. The fraction of sp³-hybridized carbons (Fsp3) is 0.727. The van der Waals surface area contributed by atoms with Crippen LogP contribution in [-0.4, -0.2) is 64.8 Å². The van der Waals surface area contributed by atoms with Crippen LogP contribution in [0.25, 0.3) is 0 Å². The summed E-state index contributed by atoms with van der Waals surface area (Å²) < 4.78 is 0. The Bertz CT molecular complexity index is 771. The molecule has 0 aromatic carbocycles. The Balaban J connectivity index is 5.49. The molecule has 0 spiro atoms. The summed E-state index contributed by atoms with van der Waals surface area (Å²) in [6.07, 6.45) is -0.0815. The van der Waals surface area contributed by atoms with Gasteiger partial charge in [0.1, 0.15) is 18.1 Å². The first kappa shape index (κ1) is 31.8. The van der Waals surface area contributed by atoms with Gasteiger partial charge in [-0.1, -0.05) is 27.7 Å². The van der Waals surface area contributed by atoms with Crippen LogP contribution in [0.5, 0.6) is 0 Å². The minimum absolute atomic E-state index is 0.00420. The fourth-order valence-corrected chi connectivity index (χ4v) is 3.20. The molecule has 4 atom stereocenters. The minimum Gasteiger partial charge on any atom is -0.480 e. The number of amides is 5. The Morgan fingerprint density at radius 3 is 1.40 bits per heavy atom. The summed E-state index contributed by atoms with van der Waals surface area (Å²) in [7, 11) is 0. The van der Waals surface area contributed by atoms with E-state index in [1.54, 1.807) is 0 Å². The van der Waals surface area contributed by atoms with Crippen LogP contribution in [0.2, 0.25) is 0 Å². The zero-order valence-electron chi connectivity index (χ0n) is 20.8. The second-order valence-electron chi connectivity index (χ2n) is 9.40. The van der Waals surface area contributed by atoms with Crippen LogP contribution < -0.4 is 33.2 Å². The molecule has 0 radical (unpaired) electrons. The quantitative estimate of drug-likeness (QED) is 0.123. The van der Waals surface area contributed by atoms with Crippen LogP contribution in [0.1, 0.15) is 66.2 Å². The van der Waals surface area contributed by atoms with Crippen molar-refractivity contribution in [2.45, 2.75) is 90.4 Å². The highest BCUT2D eigenvalue weighted by atomic mass is 16.4. The lowest BCUT2D eigenvalue weighted by molar-refractivity contribution is -0.142. The lowest BCUT2D eigenvalue weighted by atomic mass is 9.99. The summed E-state index contributed by atoms with van der Waals surface area (Å²) >= 11 is 0. The van der Waals surface area contributed by atoms with Crippen LogP contribution in [0.3, 0.4) is 0 Å². The molecule has 0 aromatic rings. The van der Waals surface area contributed by atoms with Gasteiger partial charge in [-0.2, -0.15) is 0 Å². The monoisotopic (exact) mass is 500 g/mol. The van der Waals surface area contributed by atoms with Gasteiger partial charge in [-0.15, -0.1) is 0 Å². The minimum atomic E-state index is -1.36. The maximum atomic E-state index is 13.0. The normalized spacial score (nSPS) is 14.5. The van der Waals surface area contributed by atoms with E-state index in [9.17, 15) is 33.9 Å². The number of primary amides is 2. The number of nitrogens with one attached hydrogen (secondary N) is 3. The van der Waals surface area contributed by atoms with Gasteiger partial charge < -0.3 is 38.3 Å². The van der Waals surface area contributed by atoms with Gasteiger partial charge in [-0.25, -0.2) is 4.79 Å². The molecule has 0 aromatic heterocycles. The number of carbonyl (C=O) groups excluding carboxylic acids is 5. The molecule has 35 heavy (non-hydrogen) atoms. The van der Waals surface area contributed by atoms with Gasteiger partial charge in [-0.05, 0) is 37.5 Å². The van der Waals surface area contributed by atoms with Gasteiger partial charge in [0.25, 0.3) is 0 Å². The maximum absolute atomic E-state index is 13.0. The molecule has 0 saturated heterocycles. The van der Waals surface area contributed by atoms with E-state index >= 15 is 0 Å². The van der Waals surface area contributed by atoms with Crippen molar-refractivity contribution in [2.75, 3.05) is 0 Å². The Morgan fingerprint density at radius 2 is 1.03 bits per heavy atom. The number of carbonyl (C=O) groups is 6. The van der Waals surface area contributed by atoms with E-state index in [2.05, 4.69) is 16.0 Å². The standard InChI is InChI=1S/C22H40N6O7/c1-11(2)9-15(27-19(31)13(23)5-7-17(24)29)21(33)28-16(10-12(3)4)20(32)26-14(22(34)35)6-8-18(25)30/h11-16H,5-10,23H2,1-4H3,(H2,24,29)(H2,25,30)(H,26,32)(H,27,31)(H,28,33)(H,34,35). The van der Waals surface area contributed by atoms with Crippen molar-refractivity contribution in [3.63, 3.8) is 0 Å². The molecular formula is C22H40N6O7. The Morgan fingerprint density at radius 1 is 0.657 bits per heavy atom. The predicted molar refractivity (Wildman–Crippen MR) is 127 cm³/mol. The second-order valence-corrected chi connectivity index (χ2v) is 9.40. The van der Waals surface area contributed by atoms with Gasteiger partial charge in [0.05, 0.1) is 6.04 Å². The summed E-state index contributed by atoms with van der Waals surface area (Å²) in [6.45, 7) is 7.32. The summed E-state index contributed by atoms with van der Waals surface area (Å²) in [5.74, 6) is -4.73. The lowest BCUT2D eigenvalue weighted by Gasteiger charge is -2.26. The number of aliphatic carboxylic acids is 1. The summed E-state index contributed by atoms with van der Waals surface area (Å²) in [6, 6.07) is -4.53. The molecule has 10 N–H and O–H groups in total. The summed E-state index contributed by atoms with van der Waals surface area (Å²) in [5, 5.41) is 16.8. The fourth-order valence-electron chi connectivity index (χ4n) is 3.20. The zero-order chi connectivity index (χ0) is 27.3. The molecule has 200 valence electrons. The highest BCUT2D eigenvalue weighted by Gasteiger charge is 2.31. The number of carboxylic acid groups (broad SMARTS) is 1. The van der Waals surface area contributed by atoms with Crippen LogP contribution in [0, 0.1) is 11.8 Å². The molecule has 0 saturated carbocycles. The first-order valence-corrected chi connectivity index (χ1v) is 11.6. The van der Waals surface area contributed by atoms with Gasteiger partial charge in [0.15, 0.2) is 0 Å². The number of hydrogen-bond acceptors (Lipinski definition) is 7. The van der Waals surface area contributed by atoms with Gasteiger partial charge >= 0.3 is 5.97 Å².